The summed E-state index contributed by atoms with van der Waals surface area (Å²) in [6, 6.07) is 6.32. The van der Waals surface area contributed by atoms with Gasteiger partial charge in [0.15, 0.2) is 5.43 Å². The molecule has 0 fully saturated rings. The van der Waals surface area contributed by atoms with Gasteiger partial charge in [0.05, 0.1) is 0 Å². The summed E-state index contributed by atoms with van der Waals surface area (Å²) in [5.74, 6) is 0.685. The summed E-state index contributed by atoms with van der Waals surface area (Å²) in [5, 5.41) is 4.24. The van der Waals surface area contributed by atoms with Crippen LogP contribution in [-0.2, 0) is 0 Å². The molecule has 1 aliphatic carbocycles. The van der Waals surface area contributed by atoms with Gasteiger partial charge in [-0.1, -0.05) is 0 Å². The van der Waals surface area contributed by atoms with Gasteiger partial charge in [0.1, 0.15) is 11.1 Å². The second kappa shape index (κ2) is 2.60. The van der Waals surface area contributed by atoms with Crippen LogP contribution in [0.4, 0.5) is 5.88 Å². The normalized spacial score (nSPS) is 11.2. The first-order valence-corrected chi connectivity index (χ1v) is 4.33. The van der Waals surface area contributed by atoms with Crippen LogP contribution in [0.25, 0.3) is 22.4 Å². The molecule has 74 valence electrons. The summed E-state index contributed by atoms with van der Waals surface area (Å²) in [5.41, 5.74) is 6.52. The molecule has 2 aliphatic rings. The van der Waals surface area contributed by atoms with E-state index < -0.39 is 0 Å². The summed E-state index contributed by atoms with van der Waals surface area (Å²) in [6.07, 6.45) is 0. The minimum atomic E-state index is -0.109. The fraction of sp³-hybridized carbons (Fsp3) is 0. The molecule has 1 aromatic heterocycles. The van der Waals surface area contributed by atoms with Gasteiger partial charge >= 0.3 is 0 Å². The van der Waals surface area contributed by atoms with Gasteiger partial charge in [0, 0.05) is 11.6 Å². The molecule has 0 atom stereocenters. The van der Waals surface area contributed by atoms with E-state index in [0.717, 1.165) is 5.56 Å². The Balaban J connectivity index is 2.51. The van der Waals surface area contributed by atoms with Crippen LogP contribution in [0, 0.1) is 0 Å². The van der Waals surface area contributed by atoms with E-state index in [2.05, 4.69) is 5.16 Å². The predicted octanol–water partition coefficient (Wildman–Crippen LogP) is 1.47. The van der Waals surface area contributed by atoms with Crippen molar-refractivity contribution in [3.05, 3.63) is 34.5 Å². The highest BCUT2D eigenvalue weighted by Crippen LogP contribution is 2.29. The van der Waals surface area contributed by atoms with Crippen LogP contribution >= 0.6 is 0 Å². The number of nitrogens with two attached hydrogens (primary N) is 1. The molecule has 2 N–H and O–H groups in total. The average Bonchev–Trinajstić information content (AvgIpc) is 2.57. The topological polar surface area (TPSA) is 82.3 Å². The van der Waals surface area contributed by atoms with Crippen molar-refractivity contribution in [3.63, 3.8) is 0 Å². The fourth-order valence-corrected chi connectivity index (χ4v) is 1.48. The second-order valence-electron chi connectivity index (χ2n) is 3.21. The molecule has 0 unspecified atom stereocenters. The number of fused-ring (bicyclic) bond motifs is 2. The third-order valence-electron chi connectivity index (χ3n) is 2.21. The van der Waals surface area contributed by atoms with E-state index in [0.29, 0.717) is 16.9 Å². The number of nitrogen functional groups attached to an aromatic ring is 1. The van der Waals surface area contributed by atoms with E-state index >= 15 is 0 Å². The van der Waals surface area contributed by atoms with Gasteiger partial charge in [-0.25, -0.2) is 0 Å². The summed E-state index contributed by atoms with van der Waals surface area (Å²) >= 11 is 0. The third kappa shape index (κ3) is 1.10. The lowest BCUT2D eigenvalue weighted by molar-refractivity contribution is 0.426. The molecule has 0 saturated carbocycles. The molecule has 0 amide bonds. The number of benzene rings is 1. The van der Waals surface area contributed by atoms with Crippen LogP contribution in [0.5, 0.6) is 0 Å². The highest BCUT2D eigenvalue weighted by atomic mass is 16.5. The van der Waals surface area contributed by atoms with E-state index in [9.17, 15) is 4.79 Å². The molecule has 0 aromatic carbocycles. The van der Waals surface area contributed by atoms with Crippen molar-refractivity contribution in [1.82, 2.24) is 5.16 Å². The van der Waals surface area contributed by atoms with Gasteiger partial charge in [-0.05, 0) is 23.4 Å². The molecule has 15 heavy (non-hydrogen) atoms. The van der Waals surface area contributed by atoms with Gasteiger partial charge in [-0.3, -0.25) is 4.79 Å². The smallest absolute Gasteiger partial charge is 0.269 e. The molecule has 5 heteroatoms. The van der Waals surface area contributed by atoms with Crippen LogP contribution in [-0.4, -0.2) is 5.16 Å². The Morgan fingerprint density at radius 3 is 3.00 bits per heavy atom. The van der Waals surface area contributed by atoms with E-state index in [-0.39, 0.29) is 11.3 Å². The molecule has 0 saturated heterocycles. The molecule has 0 bridgehead atoms. The lowest BCUT2D eigenvalue weighted by Gasteiger charge is -2.01. The first kappa shape index (κ1) is 8.05. The van der Waals surface area contributed by atoms with Gasteiger partial charge < -0.3 is 14.7 Å². The van der Waals surface area contributed by atoms with Gasteiger partial charge in [0.2, 0.25) is 5.88 Å². The Kier molecular flexibility index (Phi) is 1.39. The summed E-state index contributed by atoms with van der Waals surface area (Å²) in [6.45, 7) is 0. The summed E-state index contributed by atoms with van der Waals surface area (Å²) in [7, 11) is 0. The van der Waals surface area contributed by atoms with Crippen LogP contribution < -0.4 is 11.2 Å². The van der Waals surface area contributed by atoms with Crippen LogP contribution in [0.3, 0.4) is 0 Å². The van der Waals surface area contributed by atoms with Crippen molar-refractivity contribution in [2.45, 2.75) is 0 Å². The van der Waals surface area contributed by atoms with Crippen molar-refractivity contribution in [2.75, 3.05) is 5.73 Å². The van der Waals surface area contributed by atoms with Crippen molar-refractivity contribution in [1.29, 1.82) is 0 Å². The highest BCUT2D eigenvalue weighted by molar-refractivity contribution is 5.87. The Hall–Kier alpha value is -2.30. The number of rotatable bonds is 0. The van der Waals surface area contributed by atoms with Gasteiger partial charge in [-0.15, -0.1) is 0 Å². The molecule has 0 radical (unpaired) electrons. The van der Waals surface area contributed by atoms with E-state index in [1.807, 2.05) is 0 Å². The van der Waals surface area contributed by atoms with E-state index in [1.165, 1.54) is 12.1 Å². The maximum atomic E-state index is 11.1. The standard InChI is InChI=1S/C10H6N2O3/c11-9-7-3-5-1-2-6(13)4-8(5)14-10(7)12-15-9/h1-4H,11H2. The lowest BCUT2D eigenvalue weighted by atomic mass is 10.1. The number of hydrogen-bond acceptors (Lipinski definition) is 5. The maximum absolute atomic E-state index is 11.1. The van der Waals surface area contributed by atoms with Crippen LogP contribution in [0.2, 0.25) is 0 Å². The number of anilines is 1. The SMILES string of the molecule is Nc1onc2oc3cc(=O)ccc-3cc12. The molecule has 3 rings (SSSR count). The minimum absolute atomic E-state index is 0.109. The molecule has 2 heterocycles. The molecule has 0 spiro atoms. The average molecular weight is 202 g/mol. The molecule has 1 aliphatic heterocycles. The van der Waals surface area contributed by atoms with Crippen molar-refractivity contribution in [2.24, 2.45) is 0 Å². The molecule has 1 aromatic rings. The summed E-state index contributed by atoms with van der Waals surface area (Å²) < 4.78 is 10.1. The molecule has 5 nitrogen and oxygen atoms in total. The monoisotopic (exact) mass is 202 g/mol. The number of aromatic nitrogens is 1. The van der Waals surface area contributed by atoms with Crippen LogP contribution in [0.1, 0.15) is 0 Å². The zero-order chi connectivity index (χ0) is 10.4. The Labute approximate surface area is 83.4 Å². The first-order valence-electron chi connectivity index (χ1n) is 4.33. The molecular weight excluding hydrogens is 196 g/mol. The second-order valence-corrected chi connectivity index (χ2v) is 3.21. The zero-order valence-electron chi connectivity index (χ0n) is 7.56. The molecular formula is C10H6N2O3. The van der Waals surface area contributed by atoms with Crippen molar-refractivity contribution >= 4 is 17.0 Å². The van der Waals surface area contributed by atoms with Crippen molar-refractivity contribution < 1.29 is 8.94 Å². The lowest BCUT2D eigenvalue weighted by Crippen LogP contribution is -1.97. The third-order valence-corrected chi connectivity index (χ3v) is 2.21. The minimum Gasteiger partial charge on any atom is -0.435 e. The van der Waals surface area contributed by atoms with Gasteiger partial charge in [-0.2, -0.15) is 0 Å². The number of nitrogens with zero attached hydrogens (tertiary/aromatic N) is 1. The number of hydrogen-bond donors (Lipinski definition) is 1. The van der Waals surface area contributed by atoms with Crippen molar-refractivity contribution in [3.8, 4) is 11.3 Å². The quantitative estimate of drug-likeness (QED) is 0.596. The largest absolute Gasteiger partial charge is 0.435 e. The maximum Gasteiger partial charge on any atom is 0.269 e. The zero-order valence-corrected chi connectivity index (χ0v) is 7.56. The van der Waals surface area contributed by atoms with Gasteiger partial charge in [0.25, 0.3) is 5.71 Å². The predicted molar refractivity (Wildman–Crippen MR) is 53.6 cm³/mol. The summed E-state index contributed by atoms with van der Waals surface area (Å²) in [4.78, 5) is 11.1. The van der Waals surface area contributed by atoms with Crippen LogP contribution in [0.15, 0.2) is 38.0 Å². The van der Waals surface area contributed by atoms with E-state index in [1.54, 1.807) is 12.1 Å². The fourth-order valence-electron chi connectivity index (χ4n) is 1.48. The first-order chi connectivity index (χ1) is 7.24. The Bertz CT molecular complexity index is 668. The highest BCUT2D eigenvalue weighted by Gasteiger charge is 2.12. The van der Waals surface area contributed by atoms with E-state index in [4.69, 9.17) is 14.7 Å². The Morgan fingerprint density at radius 1 is 1.27 bits per heavy atom. The Morgan fingerprint density at radius 2 is 2.13 bits per heavy atom.